The van der Waals surface area contributed by atoms with Crippen molar-refractivity contribution in [3.8, 4) is 17.2 Å². The van der Waals surface area contributed by atoms with E-state index in [9.17, 15) is 4.79 Å². The summed E-state index contributed by atoms with van der Waals surface area (Å²) < 4.78 is 15.7. The number of fused-ring (bicyclic) bond motifs is 1. The van der Waals surface area contributed by atoms with E-state index in [-0.39, 0.29) is 11.4 Å². The van der Waals surface area contributed by atoms with Crippen LogP contribution in [0.1, 0.15) is 10.5 Å². The minimum Gasteiger partial charge on any atom is -0.493 e. The lowest BCUT2D eigenvalue weighted by molar-refractivity contribution is 0.0692. The second kappa shape index (κ2) is 4.60. The van der Waals surface area contributed by atoms with Crippen LogP contribution in [0.25, 0.3) is 10.9 Å². The molecule has 0 spiro atoms. The molecule has 2 rings (SSSR count). The van der Waals surface area contributed by atoms with Crippen LogP contribution in [-0.2, 0) is 0 Å². The number of hydrogen-bond acceptors (Lipinski definition) is 5. The molecule has 1 heterocycles. The number of carboxylic acids is 1. The van der Waals surface area contributed by atoms with Crippen molar-refractivity contribution >= 4 is 22.6 Å². The van der Waals surface area contributed by atoms with Gasteiger partial charge in [-0.3, -0.25) is 0 Å². The number of aromatic amines is 1. The Morgan fingerprint density at radius 2 is 1.84 bits per heavy atom. The fourth-order valence-corrected chi connectivity index (χ4v) is 2.02. The Balaban J connectivity index is 2.90. The van der Waals surface area contributed by atoms with Crippen molar-refractivity contribution in [2.24, 2.45) is 0 Å². The van der Waals surface area contributed by atoms with E-state index < -0.39 is 5.97 Å². The van der Waals surface area contributed by atoms with Crippen LogP contribution in [0.4, 0.5) is 5.69 Å². The smallest absolute Gasteiger partial charge is 0.354 e. The number of carboxylic acid groups (broad SMARTS) is 1. The summed E-state index contributed by atoms with van der Waals surface area (Å²) in [5, 5.41) is 9.52. The molecule has 19 heavy (non-hydrogen) atoms. The van der Waals surface area contributed by atoms with Gasteiger partial charge in [0.25, 0.3) is 0 Å². The molecule has 0 aliphatic carbocycles. The molecule has 4 N–H and O–H groups in total. The lowest BCUT2D eigenvalue weighted by Gasteiger charge is -2.13. The third kappa shape index (κ3) is 1.79. The molecule has 0 atom stereocenters. The first-order valence-electron chi connectivity index (χ1n) is 5.38. The van der Waals surface area contributed by atoms with Crippen molar-refractivity contribution in [2.45, 2.75) is 0 Å². The Kier molecular flexibility index (Phi) is 3.12. The highest BCUT2D eigenvalue weighted by atomic mass is 16.5. The molecule has 0 bridgehead atoms. The van der Waals surface area contributed by atoms with Gasteiger partial charge >= 0.3 is 5.97 Å². The summed E-state index contributed by atoms with van der Waals surface area (Å²) in [5.74, 6) is -0.0306. The van der Waals surface area contributed by atoms with Gasteiger partial charge in [-0.2, -0.15) is 0 Å². The van der Waals surface area contributed by atoms with E-state index in [1.165, 1.54) is 21.3 Å². The highest BCUT2D eigenvalue weighted by Crippen LogP contribution is 2.46. The second-order valence-corrected chi connectivity index (χ2v) is 3.79. The van der Waals surface area contributed by atoms with E-state index in [4.69, 9.17) is 25.1 Å². The fourth-order valence-electron chi connectivity index (χ4n) is 2.02. The predicted octanol–water partition coefficient (Wildman–Crippen LogP) is 1.47. The van der Waals surface area contributed by atoms with E-state index in [2.05, 4.69) is 4.98 Å². The van der Waals surface area contributed by atoms with Crippen LogP contribution in [-0.4, -0.2) is 37.4 Å². The van der Waals surface area contributed by atoms with Gasteiger partial charge in [-0.15, -0.1) is 0 Å². The summed E-state index contributed by atoms with van der Waals surface area (Å²) in [5.41, 5.74) is 6.35. The average Bonchev–Trinajstić information content (AvgIpc) is 2.73. The normalized spacial score (nSPS) is 10.5. The molecule has 0 unspecified atom stereocenters. The van der Waals surface area contributed by atoms with Crippen LogP contribution in [0.15, 0.2) is 6.07 Å². The van der Waals surface area contributed by atoms with Gasteiger partial charge in [0.15, 0.2) is 11.5 Å². The molecule has 7 nitrogen and oxygen atoms in total. The first-order valence-corrected chi connectivity index (χ1v) is 5.38. The van der Waals surface area contributed by atoms with Crippen molar-refractivity contribution in [3.05, 3.63) is 11.8 Å². The van der Waals surface area contributed by atoms with Crippen LogP contribution in [0, 0.1) is 0 Å². The van der Waals surface area contributed by atoms with Crippen molar-refractivity contribution in [3.63, 3.8) is 0 Å². The van der Waals surface area contributed by atoms with Gasteiger partial charge in [0.2, 0.25) is 5.75 Å². The standard InChI is InChI=1S/C12H14N2O5/c1-17-6-4-5-7(11(19-3)10(6)18-2)8(13)9(14-5)12(15)16/h4,14H,13H2,1-3H3,(H,15,16). The molecule has 7 heteroatoms. The van der Waals surface area contributed by atoms with Gasteiger partial charge in [-0.25, -0.2) is 4.79 Å². The summed E-state index contributed by atoms with van der Waals surface area (Å²) >= 11 is 0. The largest absolute Gasteiger partial charge is 0.493 e. The number of ether oxygens (including phenoxy) is 3. The molecule has 0 fully saturated rings. The summed E-state index contributed by atoms with van der Waals surface area (Å²) in [7, 11) is 4.39. The zero-order valence-electron chi connectivity index (χ0n) is 10.7. The Bertz CT molecular complexity index is 647. The number of benzene rings is 1. The first-order chi connectivity index (χ1) is 9.04. The van der Waals surface area contributed by atoms with Crippen molar-refractivity contribution in [1.82, 2.24) is 4.98 Å². The summed E-state index contributed by atoms with van der Waals surface area (Å²) in [6.07, 6.45) is 0. The Labute approximate surface area is 108 Å². The summed E-state index contributed by atoms with van der Waals surface area (Å²) in [4.78, 5) is 13.8. The third-order valence-corrected chi connectivity index (χ3v) is 2.84. The third-order valence-electron chi connectivity index (χ3n) is 2.84. The number of aromatic carboxylic acids is 1. The number of aromatic nitrogens is 1. The highest BCUT2D eigenvalue weighted by Gasteiger charge is 2.23. The quantitative estimate of drug-likeness (QED) is 0.773. The predicted molar refractivity (Wildman–Crippen MR) is 69.3 cm³/mol. The summed E-state index contributed by atoms with van der Waals surface area (Å²) in [6.45, 7) is 0. The second-order valence-electron chi connectivity index (χ2n) is 3.79. The maximum atomic E-state index is 11.1. The molecule has 1 aromatic heterocycles. The van der Waals surface area contributed by atoms with Crippen molar-refractivity contribution < 1.29 is 24.1 Å². The van der Waals surface area contributed by atoms with Gasteiger partial charge < -0.3 is 30.0 Å². The first kappa shape index (κ1) is 12.9. The van der Waals surface area contributed by atoms with Crippen molar-refractivity contribution in [2.75, 3.05) is 27.1 Å². The van der Waals surface area contributed by atoms with Gasteiger partial charge in [0, 0.05) is 6.07 Å². The number of anilines is 1. The summed E-state index contributed by atoms with van der Waals surface area (Å²) in [6, 6.07) is 1.61. The number of hydrogen-bond donors (Lipinski definition) is 3. The van der Waals surface area contributed by atoms with Crippen LogP contribution in [0.2, 0.25) is 0 Å². The Morgan fingerprint density at radius 3 is 2.32 bits per heavy atom. The van der Waals surface area contributed by atoms with Crippen LogP contribution >= 0.6 is 0 Å². The topological polar surface area (TPSA) is 107 Å². The van der Waals surface area contributed by atoms with E-state index in [0.717, 1.165) is 0 Å². The van der Waals surface area contributed by atoms with E-state index in [0.29, 0.717) is 28.2 Å². The van der Waals surface area contributed by atoms with Crippen LogP contribution in [0.3, 0.4) is 0 Å². The number of nitrogens with two attached hydrogens (primary N) is 1. The van der Waals surface area contributed by atoms with E-state index in [1.807, 2.05) is 0 Å². The number of H-pyrrole nitrogens is 1. The molecule has 0 amide bonds. The number of carbonyl (C=O) groups is 1. The molecular formula is C12H14N2O5. The van der Waals surface area contributed by atoms with Gasteiger partial charge in [-0.05, 0) is 0 Å². The van der Waals surface area contributed by atoms with Gasteiger partial charge in [0.1, 0.15) is 5.69 Å². The van der Waals surface area contributed by atoms with Gasteiger partial charge in [0.05, 0.1) is 37.9 Å². The molecule has 102 valence electrons. The molecule has 0 saturated carbocycles. The van der Waals surface area contributed by atoms with Crippen LogP contribution in [0.5, 0.6) is 17.2 Å². The molecule has 1 aromatic carbocycles. The van der Waals surface area contributed by atoms with Crippen molar-refractivity contribution in [1.29, 1.82) is 0 Å². The molecule has 0 aliphatic heterocycles. The zero-order valence-corrected chi connectivity index (χ0v) is 10.7. The number of nitrogen functional groups attached to an aromatic ring is 1. The minimum atomic E-state index is -1.14. The van der Waals surface area contributed by atoms with E-state index in [1.54, 1.807) is 6.07 Å². The maximum absolute atomic E-state index is 11.1. The molecular weight excluding hydrogens is 252 g/mol. The minimum absolute atomic E-state index is 0.0939. The lowest BCUT2D eigenvalue weighted by atomic mass is 10.1. The average molecular weight is 266 g/mol. The zero-order chi connectivity index (χ0) is 14.2. The molecule has 2 aromatic rings. The van der Waals surface area contributed by atoms with Gasteiger partial charge in [-0.1, -0.05) is 0 Å². The van der Waals surface area contributed by atoms with Crippen LogP contribution < -0.4 is 19.9 Å². The van der Waals surface area contributed by atoms with E-state index >= 15 is 0 Å². The highest BCUT2D eigenvalue weighted by molar-refractivity contribution is 6.08. The Morgan fingerprint density at radius 1 is 1.21 bits per heavy atom. The maximum Gasteiger partial charge on any atom is 0.354 e. The molecule has 0 saturated heterocycles. The SMILES string of the molecule is COc1cc2[nH]c(C(=O)O)c(N)c2c(OC)c1OC. The number of nitrogens with one attached hydrogen (secondary N) is 1. The molecule has 0 radical (unpaired) electrons. The number of methoxy groups -OCH3 is 3. The fraction of sp³-hybridized carbons (Fsp3) is 0.250. The molecule has 0 aliphatic rings. The lowest BCUT2D eigenvalue weighted by Crippen LogP contribution is -2.01. The monoisotopic (exact) mass is 266 g/mol. The Hall–Kier alpha value is -2.57. The number of rotatable bonds is 4.